The van der Waals surface area contributed by atoms with Crippen LogP contribution in [0, 0.1) is 6.92 Å². The van der Waals surface area contributed by atoms with E-state index in [9.17, 15) is 9.59 Å². The van der Waals surface area contributed by atoms with E-state index < -0.39 is 0 Å². The predicted molar refractivity (Wildman–Crippen MR) is 113 cm³/mol. The minimum Gasteiger partial charge on any atom is -0.331 e. The lowest BCUT2D eigenvalue weighted by atomic mass is 10.1. The smallest absolute Gasteiger partial charge is 0.276 e. The second-order valence-electron chi connectivity index (χ2n) is 7.46. The number of benzene rings is 1. The summed E-state index contributed by atoms with van der Waals surface area (Å²) >= 11 is 6.30. The first-order valence-electron chi connectivity index (χ1n) is 9.60. The van der Waals surface area contributed by atoms with E-state index in [0.717, 1.165) is 11.3 Å². The molecule has 0 bridgehead atoms. The highest BCUT2D eigenvalue weighted by Gasteiger charge is 2.27. The molecular weight excluding hydrogens is 404 g/mol. The van der Waals surface area contributed by atoms with Gasteiger partial charge in [-0.15, -0.1) is 0 Å². The number of aromatic nitrogens is 5. The maximum Gasteiger partial charge on any atom is 0.276 e. The molecule has 0 spiro atoms. The minimum atomic E-state index is -0.155. The minimum absolute atomic E-state index is 0.144. The Hall–Kier alpha value is -3.39. The van der Waals surface area contributed by atoms with Crippen LogP contribution in [0.4, 0.5) is 0 Å². The maximum absolute atomic E-state index is 13.0. The van der Waals surface area contributed by atoms with Crippen LogP contribution in [0.25, 0.3) is 16.9 Å². The number of hydrogen-bond acceptors (Lipinski definition) is 4. The zero-order chi connectivity index (χ0) is 21.0. The molecule has 1 aliphatic heterocycles. The zero-order valence-corrected chi connectivity index (χ0v) is 17.3. The monoisotopic (exact) mass is 422 g/mol. The summed E-state index contributed by atoms with van der Waals surface area (Å²) in [6.07, 6.45) is 0.447. The second-order valence-corrected chi connectivity index (χ2v) is 7.86. The number of rotatable bonds is 2. The van der Waals surface area contributed by atoms with Crippen LogP contribution in [-0.4, -0.2) is 41.7 Å². The number of nitrogens with zero attached hydrogens (tertiary/aromatic N) is 5. The summed E-state index contributed by atoms with van der Waals surface area (Å²) in [7, 11) is 1.80. The Morgan fingerprint density at radius 1 is 1.23 bits per heavy atom. The van der Waals surface area contributed by atoms with Gasteiger partial charge in [0.15, 0.2) is 11.3 Å². The average Bonchev–Trinajstić information content (AvgIpc) is 3.31. The van der Waals surface area contributed by atoms with Crippen LogP contribution in [0.3, 0.4) is 0 Å². The molecule has 30 heavy (non-hydrogen) atoms. The van der Waals surface area contributed by atoms with E-state index in [1.54, 1.807) is 34.8 Å². The summed E-state index contributed by atoms with van der Waals surface area (Å²) in [5.74, 6) is -0.155. The quantitative estimate of drug-likeness (QED) is 0.537. The molecule has 1 aromatic carbocycles. The number of aryl methyl sites for hydroxylation is 2. The van der Waals surface area contributed by atoms with Gasteiger partial charge in [0.1, 0.15) is 0 Å². The molecule has 9 heteroatoms. The molecule has 4 aromatic rings. The molecule has 1 N–H and O–H groups in total. The lowest BCUT2D eigenvalue weighted by molar-refractivity contribution is 0.0724. The number of nitrogens with one attached hydrogen (secondary N) is 1. The molecule has 0 atom stereocenters. The average molecular weight is 423 g/mol. The molecule has 8 nitrogen and oxygen atoms in total. The molecular formula is C21H19ClN6O2. The van der Waals surface area contributed by atoms with Crippen molar-refractivity contribution in [3.63, 3.8) is 0 Å². The van der Waals surface area contributed by atoms with Gasteiger partial charge in [0.05, 0.1) is 17.9 Å². The molecule has 4 heterocycles. The topological polar surface area (TPSA) is 88.3 Å². The fourth-order valence-corrected chi connectivity index (χ4v) is 4.05. The fourth-order valence-electron chi connectivity index (χ4n) is 3.81. The van der Waals surface area contributed by atoms with Crippen molar-refractivity contribution in [3.8, 4) is 11.3 Å². The third-order valence-corrected chi connectivity index (χ3v) is 5.88. The van der Waals surface area contributed by atoms with E-state index >= 15 is 0 Å². The normalized spacial score (nSPS) is 13.6. The first kappa shape index (κ1) is 18.6. The van der Waals surface area contributed by atoms with Crippen molar-refractivity contribution < 1.29 is 4.79 Å². The van der Waals surface area contributed by atoms with Gasteiger partial charge < -0.3 is 4.90 Å². The molecule has 0 saturated heterocycles. The molecule has 5 rings (SSSR count). The molecule has 0 fully saturated rings. The zero-order valence-electron chi connectivity index (χ0n) is 16.5. The first-order chi connectivity index (χ1) is 14.4. The summed E-state index contributed by atoms with van der Waals surface area (Å²) in [4.78, 5) is 32.3. The van der Waals surface area contributed by atoms with Gasteiger partial charge in [-0.3, -0.25) is 19.4 Å². The highest BCUT2D eigenvalue weighted by Crippen LogP contribution is 2.27. The third-order valence-electron chi connectivity index (χ3n) is 5.55. The summed E-state index contributed by atoms with van der Waals surface area (Å²) < 4.78 is 3.12. The maximum atomic E-state index is 13.0. The SMILES string of the molecule is Cc1cc(C(=O)N2CCc3c(nc4cc(-c5ccccc5Cl)[nH]n4c3=O)C2)nn1C. The lowest BCUT2D eigenvalue weighted by Crippen LogP contribution is -2.40. The largest absolute Gasteiger partial charge is 0.331 e. The molecule has 1 amide bonds. The van der Waals surface area contributed by atoms with Crippen molar-refractivity contribution in [3.05, 3.63) is 74.4 Å². The van der Waals surface area contributed by atoms with Gasteiger partial charge in [0, 0.05) is 41.5 Å². The summed E-state index contributed by atoms with van der Waals surface area (Å²) in [5, 5.41) is 7.97. The van der Waals surface area contributed by atoms with Gasteiger partial charge in [-0.25, -0.2) is 9.50 Å². The van der Waals surface area contributed by atoms with Crippen LogP contribution >= 0.6 is 11.6 Å². The molecule has 0 saturated carbocycles. The summed E-state index contributed by atoms with van der Waals surface area (Å²) in [6.45, 7) is 2.63. The highest BCUT2D eigenvalue weighted by atomic mass is 35.5. The first-order valence-corrected chi connectivity index (χ1v) is 9.98. The van der Waals surface area contributed by atoms with E-state index in [0.29, 0.717) is 46.3 Å². The molecule has 0 aliphatic carbocycles. The number of carbonyl (C=O) groups is 1. The van der Waals surface area contributed by atoms with Crippen molar-refractivity contribution in [2.75, 3.05) is 6.54 Å². The van der Waals surface area contributed by atoms with E-state index in [-0.39, 0.29) is 18.0 Å². The van der Waals surface area contributed by atoms with Crippen molar-refractivity contribution in [2.45, 2.75) is 19.9 Å². The number of halogens is 1. The van der Waals surface area contributed by atoms with Gasteiger partial charge in [0.2, 0.25) is 0 Å². The van der Waals surface area contributed by atoms with E-state index in [4.69, 9.17) is 11.6 Å². The van der Waals surface area contributed by atoms with E-state index in [1.807, 2.05) is 25.1 Å². The molecule has 3 aromatic heterocycles. The van der Waals surface area contributed by atoms with Gasteiger partial charge in [-0.2, -0.15) is 5.10 Å². The van der Waals surface area contributed by atoms with Gasteiger partial charge in [-0.05, 0) is 25.5 Å². The van der Waals surface area contributed by atoms with E-state index in [2.05, 4.69) is 15.2 Å². The number of fused-ring (bicyclic) bond motifs is 2. The number of carbonyl (C=O) groups excluding carboxylic acids is 1. The van der Waals surface area contributed by atoms with Crippen LogP contribution in [-0.2, 0) is 20.0 Å². The van der Waals surface area contributed by atoms with Crippen LogP contribution in [0.2, 0.25) is 5.02 Å². The molecule has 1 aliphatic rings. The third kappa shape index (κ3) is 2.91. The van der Waals surface area contributed by atoms with Crippen molar-refractivity contribution in [1.29, 1.82) is 0 Å². The van der Waals surface area contributed by atoms with Crippen molar-refractivity contribution in [2.24, 2.45) is 7.05 Å². The Bertz CT molecular complexity index is 1350. The summed E-state index contributed by atoms with van der Waals surface area (Å²) in [5.41, 5.74) is 4.42. The summed E-state index contributed by atoms with van der Waals surface area (Å²) in [6, 6.07) is 11.0. The Balaban J connectivity index is 1.52. The van der Waals surface area contributed by atoms with Crippen LogP contribution in [0.1, 0.15) is 27.4 Å². The number of hydrogen-bond donors (Lipinski definition) is 1. The Labute approximate surface area is 176 Å². The number of aromatic amines is 1. The van der Waals surface area contributed by atoms with Crippen molar-refractivity contribution in [1.82, 2.24) is 29.3 Å². The van der Waals surface area contributed by atoms with Crippen molar-refractivity contribution >= 4 is 23.2 Å². The lowest BCUT2D eigenvalue weighted by Gasteiger charge is -2.27. The van der Waals surface area contributed by atoms with E-state index in [1.165, 1.54) is 4.52 Å². The Morgan fingerprint density at radius 2 is 2.03 bits per heavy atom. The van der Waals surface area contributed by atoms with Crippen LogP contribution in [0.5, 0.6) is 0 Å². The fraction of sp³-hybridized carbons (Fsp3) is 0.238. The molecule has 0 unspecified atom stereocenters. The molecule has 0 radical (unpaired) electrons. The highest BCUT2D eigenvalue weighted by molar-refractivity contribution is 6.33. The molecule has 152 valence electrons. The number of H-pyrrole nitrogens is 1. The Morgan fingerprint density at radius 3 is 2.77 bits per heavy atom. The van der Waals surface area contributed by atoms with Gasteiger partial charge in [0.25, 0.3) is 11.5 Å². The standard InChI is InChI=1S/C21H19ClN6O2/c1-12-9-17(24-26(12)2)21(30)27-8-7-14-18(11-27)23-19-10-16(25-28(19)20(14)29)13-5-3-4-6-15(13)22/h3-6,9-10,25H,7-8,11H2,1-2H3. The Kier molecular flexibility index (Phi) is 4.25. The van der Waals surface area contributed by atoms with Crippen LogP contribution < -0.4 is 5.56 Å². The van der Waals surface area contributed by atoms with Crippen LogP contribution in [0.15, 0.2) is 41.2 Å². The second kappa shape index (κ2) is 6.84. The van der Waals surface area contributed by atoms with Gasteiger partial charge in [-0.1, -0.05) is 29.8 Å². The number of amides is 1. The predicted octanol–water partition coefficient (Wildman–Crippen LogP) is 2.58. The van der Waals surface area contributed by atoms with Gasteiger partial charge >= 0.3 is 0 Å².